The van der Waals surface area contributed by atoms with Crippen LogP contribution in [0.3, 0.4) is 0 Å². The van der Waals surface area contributed by atoms with E-state index in [-0.39, 0.29) is 11.9 Å². The Morgan fingerprint density at radius 2 is 1.90 bits per heavy atom. The predicted octanol–water partition coefficient (Wildman–Crippen LogP) is 3.51. The van der Waals surface area contributed by atoms with Gasteiger partial charge >= 0.3 is 0 Å². The highest BCUT2D eigenvalue weighted by atomic mass is 16.5. The minimum absolute atomic E-state index is 0.0247. The van der Waals surface area contributed by atoms with Crippen molar-refractivity contribution in [3.8, 4) is 5.75 Å². The highest BCUT2D eigenvalue weighted by molar-refractivity contribution is 5.76. The first kappa shape index (κ1) is 15.1. The lowest BCUT2D eigenvalue weighted by molar-refractivity contribution is -0.121. The summed E-state index contributed by atoms with van der Waals surface area (Å²) in [4.78, 5) is 12.0. The van der Waals surface area contributed by atoms with Gasteiger partial charge in [0, 0.05) is 6.42 Å². The topological polar surface area (TPSA) is 38.3 Å². The number of amides is 1. The Morgan fingerprint density at radius 1 is 1.14 bits per heavy atom. The van der Waals surface area contributed by atoms with E-state index in [1.54, 1.807) is 7.11 Å². The standard InChI is InChI=1S/C18H21NO2/c1-14(16-9-6-10-17(13-16)21-2)19-18(20)12-11-15-7-4-3-5-8-15/h3-10,13-14H,11-12H2,1-2H3,(H,19,20)/t14-/m1/s1. The first-order valence-corrected chi connectivity index (χ1v) is 7.16. The van der Waals surface area contributed by atoms with Crippen molar-refractivity contribution in [2.75, 3.05) is 7.11 Å². The lowest BCUT2D eigenvalue weighted by atomic mass is 10.1. The van der Waals surface area contributed by atoms with Gasteiger partial charge in [0.2, 0.25) is 5.91 Å². The lowest BCUT2D eigenvalue weighted by Gasteiger charge is -2.15. The molecule has 1 N–H and O–H groups in total. The maximum atomic E-state index is 12.0. The second-order valence-corrected chi connectivity index (χ2v) is 5.05. The van der Waals surface area contributed by atoms with E-state index in [0.717, 1.165) is 17.7 Å². The third-order valence-corrected chi connectivity index (χ3v) is 3.45. The van der Waals surface area contributed by atoms with Gasteiger partial charge in [-0.15, -0.1) is 0 Å². The minimum atomic E-state index is -0.0247. The Hall–Kier alpha value is -2.29. The highest BCUT2D eigenvalue weighted by Gasteiger charge is 2.10. The van der Waals surface area contributed by atoms with Crippen LogP contribution in [0.4, 0.5) is 0 Å². The molecular formula is C18H21NO2. The molecule has 0 spiro atoms. The van der Waals surface area contributed by atoms with Gasteiger partial charge in [0.15, 0.2) is 0 Å². The van der Waals surface area contributed by atoms with Crippen molar-refractivity contribution in [3.63, 3.8) is 0 Å². The molecule has 0 saturated carbocycles. The molecule has 2 aromatic carbocycles. The molecule has 0 aromatic heterocycles. The van der Waals surface area contributed by atoms with Crippen LogP contribution in [0.5, 0.6) is 5.75 Å². The van der Waals surface area contributed by atoms with E-state index in [9.17, 15) is 4.79 Å². The van der Waals surface area contributed by atoms with Crippen LogP contribution < -0.4 is 10.1 Å². The van der Waals surface area contributed by atoms with Gasteiger partial charge in [0.25, 0.3) is 0 Å². The molecule has 0 unspecified atom stereocenters. The van der Waals surface area contributed by atoms with Crippen LogP contribution in [0.1, 0.15) is 30.5 Å². The van der Waals surface area contributed by atoms with E-state index < -0.39 is 0 Å². The van der Waals surface area contributed by atoms with E-state index in [1.165, 1.54) is 5.56 Å². The van der Waals surface area contributed by atoms with Crippen molar-refractivity contribution >= 4 is 5.91 Å². The van der Waals surface area contributed by atoms with E-state index in [0.29, 0.717) is 6.42 Å². The van der Waals surface area contributed by atoms with Gasteiger partial charge in [-0.05, 0) is 36.6 Å². The van der Waals surface area contributed by atoms with E-state index in [2.05, 4.69) is 5.32 Å². The fraction of sp³-hybridized carbons (Fsp3) is 0.278. The zero-order valence-electron chi connectivity index (χ0n) is 12.5. The summed E-state index contributed by atoms with van der Waals surface area (Å²) in [6.07, 6.45) is 1.26. The Balaban J connectivity index is 1.87. The van der Waals surface area contributed by atoms with Crippen LogP contribution in [0.2, 0.25) is 0 Å². The molecule has 0 saturated heterocycles. The Bertz CT molecular complexity index is 581. The second-order valence-electron chi connectivity index (χ2n) is 5.05. The van der Waals surface area contributed by atoms with Crippen molar-refractivity contribution in [3.05, 3.63) is 65.7 Å². The average molecular weight is 283 g/mol. The maximum Gasteiger partial charge on any atom is 0.220 e. The van der Waals surface area contributed by atoms with Crippen molar-refractivity contribution in [2.24, 2.45) is 0 Å². The third kappa shape index (κ3) is 4.63. The van der Waals surface area contributed by atoms with Crippen LogP contribution in [-0.4, -0.2) is 13.0 Å². The van der Waals surface area contributed by atoms with Gasteiger partial charge in [-0.3, -0.25) is 4.79 Å². The molecule has 110 valence electrons. The largest absolute Gasteiger partial charge is 0.497 e. The van der Waals surface area contributed by atoms with E-state index in [4.69, 9.17) is 4.74 Å². The number of hydrogen-bond donors (Lipinski definition) is 1. The number of rotatable bonds is 6. The number of ether oxygens (including phenoxy) is 1. The number of carbonyl (C=O) groups is 1. The molecule has 21 heavy (non-hydrogen) atoms. The zero-order chi connectivity index (χ0) is 15.1. The van der Waals surface area contributed by atoms with Gasteiger partial charge in [-0.2, -0.15) is 0 Å². The lowest BCUT2D eigenvalue weighted by Crippen LogP contribution is -2.26. The van der Waals surface area contributed by atoms with Crippen molar-refractivity contribution in [1.82, 2.24) is 5.32 Å². The molecule has 0 heterocycles. The number of methoxy groups -OCH3 is 1. The fourth-order valence-corrected chi connectivity index (χ4v) is 2.21. The summed E-state index contributed by atoms with van der Waals surface area (Å²) >= 11 is 0. The van der Waals surface area contributed by atoms with Crippen LogP contribution in [0.25, 0.3) is 0 Å². The summed E-state index contributed by atoms with van der Waals surface area (Å²) in [7, 11) is 1.64. The molecule has 3 heteroatoms. The molecule has 2 rings (SSSR count). The SMILES string of the molecule is COc1cccc([C@@H](C)NC(=O)CCc2ccccc2)c1. The van der Waals surface area contributed by atoms with Crippen LogP contribution in [0, 0.1) is 0 Å². The van der Waals surface area contributed by atoms with Gasteiger partial charge in [0.1, 0.15) is 5.75 Å². The Labute approximate surface area is 126 Å². The fourth-order valence-electron chi connectivity index (χ4n) is 2.21. The normalized spacial score (nSPS) is 11.7. The molecule has 1 amide bonds. The molecule has 0 fully saturated rings. The van der Waals surface area contributed by atoms with Crippen LogP contribution in [0.15, 0.2) is 54.6 Å². The van der Waals surface area contributed by atoms with E-state index in [1.807, 2.05) is 61.5 Å². The summed E-state index contributed by atoms with van der Waals surface area (Å²) in [6, 6.07) is 17.8. The molecule has 0 bridgehead atoms. The maximum absolute atomic E-state index is 12.0. The van der Waals surface area contributed by atoms with Gasteiger partial charge in [-0.1, -0.05) is 42.5 Å². The smallest absolute Gasteiger partial charge is 0.220 e. The number of hydrogen-bond acceptors (Lipinski definition) is 2. The van der Waals surface area contributed by atoms with Crippen molar-refractivity contribution in [2.45, 2.75) is 25.8 Å². The van der Waals surface area contributed by atoms with Crippen molar-refractivity contribution < 1.29 is 9.53 Å². The summed E-state index contributed by atoms with van der Waals surface area (Å²) in [5, 5.41) is 3.02. The first-order chi connectivity index (χ1) is 10.2. The Kier molecular flexibility index (Phi) is 5.38. The number of carbonyl (C=O) groups excluding carboxylic acids is 1. The Morgan fingerprint density at radius 3 is 2.62 bits per heavy atom. The van der Waals surface area contributed by atoms with Crippen LogP contribution >= 0.6 is 0 Å². The molecular weight excluding hydrogens is 262 g/mol. The monoisotopic (exact) mass is 283 g/mol. The summed E-state index contributed by atoms with van der Waals surface area (Å²) in [5.41, 5.74) is 2.23. The zero-order valence-corrected chi connectivity index (χ0v) is 12.5. The molecule has 0 aliphatic heterocycles. The molecule has 0 aliphatic rings. The van der Waals surface area contributed by atoms with Gasteiger partial charge < -0.3 is 10.1 Å². The summed E-state index contributed by atoms with van der Waals surface area (Å²) in [6.45, 7) is 1.98. The first-order valence-electron chi connectivity index (χ1n) is 7.16. The molecule has 0 aliphatic carbocycles. The van der Waals surface area contributed by atoms with Gasteiger partial charge in [0.05, 0.1) is 13.2 Å². The molecule has 0 radical (unpaired) electrons. The predicted molar refractivity (Wildman–Crippen MR) is 84.3 cm³/mol. The molecule has 3 nitrogen and oxygen atoms in total. The molecule has 2 aromatic rings. The van der Waals surface area contributed by atoms with Gasteiger partial charge in [-0.25, -0.2) is 0 Å². The number of aryl methyl sites for hydroxylation is 1. The highest BCUT2D eigenvalue weighted by Crippen LogP contribution is 2.18. The summed E-state index contributed by atoms with van der Waals surface area (Å²) < 4.78 is 5.20. The number of nitrogens with one attached hydrogen (secondary N) is 1. The number of benzene rings is 2. The average Bonchev–Trinajstić information content (AvgIpc) is 2.54. The van der Waals surface area contributed by atoms with Crippen molar-refractivity contribution in [1.29, 1.82) is 0 Å². The minimum Gasteiger partial charge on any atom is -0.497 e. The third-order valence-electron chi connectivity index (χ3n) is 3.45. The quantitative estimate of drug-likeness (QED) is 0.881. The van der Waals surface area contributed by atoms with Crippen LogP contribution in [-0.2, 0) is 11.2 Å². The summed E-state index contributed by atoms with van der Waals surface area (Å²) in [5.74, 6) is 0.868. The molecule has 1 atom stereocenters. The van der Waals surface area contributed by atoms with E-state index >= 15 is 0 Å². The second kappa shape index (κ2) is 7.48.